The standard InChI is InChI=1S/C10H17NO4/c12-7-4-9(11-5-7)10(13)15-6-8-2-1-3-14-8/h7-9,11-12H,1-6H2/t7?,8?,9-/m0/s1. The zero-order chi connectivity index (χ0) is 10.7. The first-order valence-corrected chi connectivity index (χ1v) is 5.45. The Morgan fingerprint density at radius 3 is 3.07 bits per heavy atom. The van der Waals surface area contributed by atoms with Gasteiger partial charge in [0.05, 0.1) is 12.2 Å². The molecule has 5 nitrogen and oxygen atoms in total. The monoisotopic (exact) mass is 215 g/mol. The Hall–Kier alpha value is -0.650. The van der Waals surface area contributed by atoms with Crippen molar-refractivity contribution in [2.45, 2.75) is 37.5 Å². The average molecular weight is 215 g/mol. The quantitative estimate of drug-likeness (QED) is 0.617. The average Bonchev–Trinajstić information content (AvgIpc) is 2.84. The minimum Gasteiger partial charge on any atom is -0.462 e. The van der Waals surface area contributed by atoms with Crippen LogP contribution in [0.25, 0.3) is 0 Å². The van der Waals surface area contributed by atoms with Crippen LogP contribution in [0.15, 0.2) is 0 Å². The third kappa shape index (κ3) is 2.90. The van der Waals surface area contributed by atoms with Gasteiger partial charge in [0.2, 0.25) is 0 Å². The van der Waals surface area contributed by atoms with E-state index >= 15 is 0 Å². The largest absolute Gasteiger partial charge is 0.462 e. The van der Waals surface area contributed by atoms with Crippen molar-refractivity contribution >= 4 is 5.97 Å². The maximum Gasteiger partial charge on any atom is 0.323 e. The van der Waals surface area contributed by atoms with Gasteiger partial charge in [-0.25, -0.2) is 0 Å². The van der Waals surface area contributed by atoms with Gasteiger partial charge in [-0.15, -0.1) is 0 Å². The normalized spacial score (nSPS) is 35.7. The Balaban J connectivity index is 1.67. The summed E-state index contributed by atoms with van der Waals surface area (Å²) in [6.45, 7) is 1.58. The summed E-state index contributed by atoms with van der Waals surface area (Å²) in [5.41, 5.74) is 0. The molecule has 5 heteroatoms. The summed E-state index contributed by atoms with van der Waals surface area (Å²) in [6.07, 6.45) is 2.10. The van der Waals surface area contributed by atoms with Crippen LogP contribution in [0.3, 0.4) is 0 Å². The molecule has 3 atom stereocenters. The van der Waals surface area contributed by atoms with Crippen LogP contribution >= 0.6 is 0 Å². The van der Waals surface area contributed by atoms with Gasteiger partial charge < -0.3 is 19.9 Å². The molecular weight excluding hydrogens is 198 g/mol. The number of rotatable bonds is 3. The second kappa shape index (κ2) is 4.92. The van der Waals surface area contributed by atoms with E-state index in [9.17, 15) is 9.90 Å². The molecule has 0 radical (unpaired) electrons. The number of esters is 1. The second-order valence-corrected chi connectivity index (χ2v) is 4.12. The van der Waals surface area contributed by atoms with Gasteiger partial charge in [-0.2, -0.15) is 0 Å². The summed E-state index contributed by atoms with van der Waals surface area (Å²) in [6, 6.07) is -0.346. The minimum atomic E-state index is -0.426. The SMILES string of the molecule is O=C(OCC1CCCO1)[C@@H]1CC(O)CN1. The van der Waals surface area contributed by atoms with Crippen LogP contribution in [0, 0.1) is 0 Å². The Morgan fingerprint density at radius 1 is 1.60 bits per heavy atom. The molecule has 2 N–H and O–H groups in total. The Bertz CT molecular complexity index is 227. The van der Waals surface area contributed by atoms with Crippen molar-refractivity contribution in [3.05, 3.63) is 0 Å². The van der Waals surface area contributed by atoms with Gasteiger partial charge >= 0.3 is 5.97 Å². The fourth-order valence-electron chi connectivity index (χ4n) is 1.95. The van der Waals surface area contributed by atoms with Gasteiger partial charge in [0, 0.05) is 19.6 Å². The van der Waals surface area contributed by atoms with Gasteiger partial charge in [0.25, 0.3) is 0 Å². The number of hydrogen-bond acceptors (Lipinski definition) is 5. The first-order valence-electron chi connectivity index (χ1n) is 5.45. The summed E-state index contributed by atoms with van der Waals surface area (Å²) in [5, 5.41) is 12.1. The van der Waals surface area contributed by atoms with Crippen LogP contribution in [0.1, 0.15) is 19.3 Å². The molecule has 15 heavy (non-hydrogen) atoms. The highest BCUT2D eigenvalue weighted by atomic mass is 16.6. The van der Waals surface area contributed by atoms with Crippen LogP contribution in [-0.4, -0.2) is 49.1 Å². The smallest absolute Gasteiger partial charge is 0.323 e. The molecule has 2 saturated heterocycles. The number of hydrogen-bond donors (Lipinski definition) is 2. The van der Waals surface area contributed by atoms with Crippen molar-refractivity contribution in [1.29, 1.82) is 0 Å². The van der Waals surface area contributed by atoms with E-state index < -0.39 is 6.10 Å². The summed E-state index contributed by atoms with van der Waals surface area (Å²) in [5.74, 6) is -0.276. The van der Waals surface area contributed by atoms with E-state index in [1.54, 1.807) is 0 Å². The molecule has 0 aromatic rings. The Labute approximate surface area is 88.7 Å². The highest BCUT2D eigenvalue weighted by Crippen LogP contribution is 2.13. The van der Waals surface area contributed by atoms with Crippen LogP contribution in [-0.2, 0) is 14.3 Å². The molecule has 0 saturated carbocycles. The molecule has 2 aliphatic rings. The van der Waals surface area contributed by atoms with Crippen molar-refractivity contribution in [3.63, 3.8) is 0 Å². The number of nitrogens with one attached hydrogen (secondary N) is 1. The van der Waals surface area contributed by atoms with E-state index in [1.807, 2.05) is 0 Å². The Morgan fingerprint density at radius 2 is 2.47 bits per heavy atom. The highest BCUT2D eigenvalue weighted by molar-refractivity contribution is 5.76. The second-order valence-electron chi connectivity index (χ2n) is 4.12. The summed E-state index contributed by atoms with van der Waals surface area (Å²) >= 11 is 0. The van der Waals surface area contributed by atoms with E-state index in [4.69, 9.17) is 9.47 Å². The maximum absolute atomic E-state index is 11.5. The van der Waals surface area contributed by atoms with Crippen molar-refractivity contribution in [2.75, 3.05) is 19.8 Å². The number of aliphatic hydroxyl groups excluding tert-OH is 1. The molecule has 0 bridgehead atoms. The van der Waals surface area contributed by atoms with Crippen LogP contribution in [0.5, 0.6) is 0 Å². The van der Waals surface area contributed by atoms with E-state index in [2.05, 4.69) is 5.32 Å². The number of carbonyl (C=O) groups excluding carboxylic acids is 1. The third-order valence-electron chi connectivity index (χ3n) is 2.83. The Kier molecular flexibility index (Phi) is 3.56. The number of β-amino-alcohol motifs (C(OH)–C–C–N with tert-alkyl or cyclic N) is 1. The maximum atomic E-state index is 11.5. The molecule has 0 spiro atoms. The zero-order valence-corrected chi connectivity index (χ0v) is 8.65. The van der Waals surface area contributed by atoms with Gasteiger partial charge in [0.1, 0.15) is 12.6 Å². The lowest BCUT2D eigenvalue weighted by Crippen LogP contribution is -2.34. The summed E-state index contributed by atoms with van der Waals surface area (Å²) in [4.78, 5) is 11.5. The number of ether oxygens (including phenoxy) is 2. The predicted octanol–water partition coefficient (Wildman–Crippen LogP) is -0.569. The molecule has 2 fully saturated rings. The van der Waals surface area contributed by atoms with Crippen molar-refractivity contribution in [1.82, 2.24) is 5.32 Å². The van der Waals surface area contributed by atoms with Crippen LogP contribution in [0.2, 0.25) is 0 Å². The third-order valence-corrected chi connectivity index (χ3v) is 2.83. The van der Waals surface area contributed by atoms with Gasteiger partial charge in [-0.05, 0) is 12.8 Å². The number of aliphatic hydroxyl groups is 1. The molecule has 2 unspecified atom stereocenters. The molecule has 2 aliphatic heterocycles. The van der Waals surface area contributed by atoms with E-state index in [-0.39, 0.29) is 18.1 Å². The minimum absolute atomic E-state index is 0.0697. The van der Waals surface area contributed by atoms with Crippen molar-refractivity contribution in [2.24, 2.45) is 0 Å². The fourth-order valence-corrected chi connectivity index (χ4v) is 1.95. The molecule has 0 amide bonds. The molecular formula is C10H17NO4. The molecule has 2 heterocycles. The van der Waals surface area contributed by atoms with Gasteiger partial charge in [-0.3, -0.25) is 4.79 Å². The summed E-state index contributed by atoms with van der Waals surface area (Å²) < 4.78 is 10.5. The van der Waals surface area contributed by atoms with Crippen molar-refractivity contribution in [3.8, 4) is 0 Å². The first kappa shape index (κ1) is 10.9. The zero-order valence-electron chi connectivity index (χ0n) is 8.65. The van der Waals surface area contributed by atoms with Crippen LogP contribution < -0.4 is 5.32 Å². The molecule has 0 aromatic heterocycles. The van der Waals surface area contributed by atoms with E-state index in [0.29, 0.717) is 19.6 Å². The van der Waals surface area contributed by atoms with Gasteiger partial charge in [0.15, 0.2) is 0 Å². The first-order chi connectivity index (χ1) is 7.25. The summed E-state index contributed by atoms with van der Waals surface area (Å²) in [7, 11) is 0. The molecule has 0 aliphatic carbocycles. The molecule has 0 aromatic carbocycles. The lowest BCUT2D eigenvalue weighted by Gasteiger charge is -2.13. The molecule has 86 valence electrons. The van der Waals surface area contributed by atoms with E-state index in [0.717, 1.165) is 19.4 Å². The fraction of sp³-hybridized carbons (Fsp3) is 0.900. The highest BCUT2D eigenvalue weighted by Gasteiger charge is 2.30. The predicted molar refractivity (Wildman–Crippen MR) is 52.3 cm³/mol. The lowest BCUT2D eigenvalue weighted by atomic mass is 10.2. The van der Waals surface area contributed by atoms with Gasteiger partial charge in [-0.1, -0.05) is 0 Å². The lowest BCUT2D eigenvalue weighted by molar-refractivity contribution is -0.149. The number of carbonyl (C=O) groups is 1. The molecule has 2 rings (SSSR count). The van der Waals surface area contributed by atoms with E-state index in [1.165, 1.54) is 0 Å². The topological polar surface area (TPSA) is 67.8 Å². The van der Waals surface area contributed by atoms with Crippen LogP contribution in [0.4, 0.5) is 0 Å². The van der Waals surface area contributed by atoms with Crippen molar-refractivity contribution < 1.29 is 19.4 Å².